The van der Waals surface area contributed by atoms with Gasteiger partial charge in [0.2, 0.25) is 0 Å². The van der Waals surface area contributed by atoms with E-state index in [9.17, 15) is 23.0 Å². The van der Waals surface area contributed by atoms with Crippen LogP contribution in [0.25, 0.3) is 0 Å². The minimum absolute atomic E-state index is 0. The van der Waals surface area contributed by atoms with E-state index in [2.05, 4.69) is 10.2 Å². The van der Waals surface area contributed by atoms with Crippen molar-refractivity contribution in [2.24, 2.45) is 10.2 Å². The second kappa shape index (κ2) is 11.0. The predicted octanol–water partition coefficient (Wildman–Crippen LogP) is -0.674. The van der Waals surface area contributed by atoms with Gasteiger partial charge in [0.25, 0.3) is 0 Å². The average molecular weight is 447 g/mol. The van der Waals surface area contributed by atoms with Gasteiger partial charge >= 0.3 is 36.7 Å². The molecule has 3 aromatic carbocycles. The number of azo groups is 1. The van der Waals surface area contributed by atoms with Crippen LogP contribution in [0.1, 0.15) is 5.56 Å². The molecule has 0 aliphatic heterocycles. The molecule has 0 amide bonds. The van der Waals surface area contributed by atoms with Crippen molar-refractivity contribution in [2.45, 2.75) is 11.4 Å². The fourth-order valence-corrected chi connectivity index (χ4v) is 3.32. The van der Waals surface area contributed by atoms with Crippen molar-refractivity contribution in [3.05, 3.63) is 78.4 Å². The van der Waals surface area contributed by atoms with Gasteiger partial charge in [-0.25, -0.2) is 8.42 Å². The van der Waals surface area contributed by atoms with E-state index < -0.39 is 17.2 Å². The Labute approximate surface area is 203 Å². The second-order valence-electron chi connectivity index (χ2n) is 6.59. The molecule has 0 saturated carbocycles. The third-order valence-electron chi connectivity index (χ3n) is 4.44. The smallest absolute Gasteiger partial charge is 0.744 e. The van der Waals surface area contributed by atoms with Crippen LogP contribution in [0.3, 0.4) is 0 Å². The van der Waals surface area contributed by atoms with Gasteiger partial charge in [-0.3, -0.25) is 0 Å². The van der Waals surface area contributed by atoms with E-state index in [-0.39, 0.29) is 34.5 Å². The number of rotatable bonds is 7. The molecular formula is C20H19BN3NaO5S. The molecule has 0 bridgehead atoms. The summed E-state index contributed by atoms with van der Waals surface area (Å²) in [6, 6.07) is 19.6. The minimum Gasteiger partial charge on any atom is -0.744 e. The van der Waals surface area contributed by atoms with Gasteiger partial charge in [0.1, 0.15) is 10.1 Å². The molecule has 3 rings (SSSR count). The van der Waals surface area contributed by atoms with Crippen molar-refractivity contribution in [3.8, 4) is 0 Å². The standard InChI is InChI=1S/C20H20BN3O5S.Na/c1-24(14-15-4-2-3-5-20(15)21(25)26)18-10-6-16(7-11-18)22-23-17-8-12-19(13-9-17)30(27,28)29;/h2-13,25-26H,14H2,1H3,(H,27,28,29);/q;+1/p-1. The van der Waals surface area contributed by atoms with Crippen LogP contribution in [0.15, 0.2) is 87.9 Å². The van der Waals surface area contributed by atoms with Crippen LogP contribution in [0.2, 0.25) is 0 Å². The summed E-state index contributed by atoms with van der Waals surface area (Å²) in [5.74, 6) is 0. The zero-order chi connectivity index (χ0) is 21.7. The molecule has 0 heterocycles. The summed E-state index contributed by atoms with van der Waals surface area (Å²) in [6.07, 6.45) is 0. The van der Waals surface area contributed by atoms with Crippen molar-refractivity contribution in [2.75, 3.05) is 11.9 Å². The van der Waals surface area contributed by atoms with E-state index in [1.165, 1.54) is 24.3 Å². The van der Waals surface area contributed by atoms with E-state index in [0.717, 1.165) is 11.3 Å². The first-order valence-corrected chi connectivity index (χ1v) is 10.4. The number of anilines is 1. The van der Waals surface area contributed by atoms with Crippen LogP contribution in [0.5, 0.6) is 0 Å². The molecule has 0 spiro atoms. The largest absolute Gasteiger partial charge is 1.00 e. The maximum Gasteiger partial charge on any atom is 1.00 e. The molecule has 0 aliphatic carbocycles. The normalized spacial score (nSPS) is 11.2. The Kier molecular flexibility index (Phi) is 8.95. The monoisotopic (exact) mass is 447 g/mol. The predicted molar refractivity (Wildman–Crippen MR) is 113 cm³/mol. The topological polar surface area (TPSA) is 126 Å². The van der Waals surface area contributed by atoms with Crippen molar-refractivity contribution >= 4 is 39.8 Å². The summed E-state index contributed by atoms with van der Waals surface area (Å²) >= 11 is 0. The third kappa shape index (κ3) is 6.98. The molecule has 0 atom stereocenters. The van der Waals surface area contributed by atoms with Crippen LogP contribution in [-0.2, 0) is 16.7 Å². The maximum absolute atomic E-state index is 10.9. The molecule has 11 heteroatoms. The fourth-order valence-electron chi connectivity index (χ4n) is 2.85. The summed E-state index contributed by atoms with van der Waals surface area (Å²) < 4.78 is 32.8. The summed E-state index contributed by atoms with van der Waals surface area (Å²) in [5, 5.41) is 27.1. The molecule has 0 unspecified atom stereocenters. The van der Waals surface area contributed by atoms with Gasteiger partial charge in [-0.15, -0.1) is 0 Å². The Bertz CT molecular complexity index is 1140. The van der Waals surface area contributed by atoms with Crippen molar-refractivity contribution in [3.63, 3.8) is 0 Å². The summed E-state index contributed by atoms with van der Waals surface area (Å²) in [6.45, 7) is 0.490. The zero-order valence-corrected chi connectivity index (χ0v) is 19.9. The first-order valence-electron chi connectivity index (χ1n) is 8.97. The van der Waals surface area contributed by atoms with E-state index >= 15 is 0 Å². The third-order valence-corrected chi connectivity index (χ3v) is 5.29. The Hall–Kier alpha value is -2.05. The van der Waals surface area contributed by atoms with E-state index in [0.29, 0.717) is 23.4 Å². The van der Waals surface area contributed by atoms with E-state index in [4.69, 9.17) is 0 Å². The van der Waals surface area contributed by atoms with Gasteiger partial charge in [0.15, 0.2) is 0 Å². The van der Waals surface area contributed by atoms with Gasteiger partial charge in [0.05, 0.1) is 16.3 Å². The SMILES string of the molecule is CN(Cc1ccccc1B(O)O)c1ccc(N=Nc2ccc(S(=O)(=O)[O-])cc2)cc1.[Na+]. The Morgan fingerprint density at radius 2 is 1.42 bits per heavy atom. The van der Waals surface area contributed by atoms with Gasteiger partial charge < -0.3 is 19.5 Å². The molecule has 0 aliphatic rings. The molecule has 8 nitrogen and oxygen atoms in total. The molecular weight excluding hydrogens is 428 g/mol. The van der Waals surface area contributed by atoms with Gasteiger partial charge in [-0.05, 0) is 59.6 Å². The summed E-state index contributed by atoms with van der Waals surface area (Å²) in [4.78, 5) is 1.65. The molecule has 154 valence electrons. The number of hydrogen-bond donors (Lipinski definition) is 2. The molecule has 0 radical (unpaired) electrons. The number of nitrogens with zero attached hydrogens (tertiary/aromatic N) is 3. The van der Waals surface area contributed by atoms with Crippen LogP contribution < -0.4 is 39.9 Å². The first-order chi connectivity index (χ1) is 14.2. The number of hydrogen-bond acceptors (Lipinski definition) is 8. The number of benzene rings is 3. The average Bonchev–Trinajstić information content (AvgIpc) is 2.72. The zero-order valence-electron chi connectivity index (χ0n) is 17.1. The van der Waals surface area contributed by atoms with Crippen molar-refractivity contribution < 1.29 is 52.6 Å². The van der Waals surface area contributed by atoms with Gasteiger partial charge in [0, 0.05) is 19.3 Å². The van der Waals surface area contributed by atoms with Crippen LogP contribution in [-0.4, -0.2) is 37.2 Å². The van der Waals surface area contributed by atoms with Crippen molar-refractivity contribution in [1.82, 2.24) is 0 Å². The molecule has 0 saturated heterocycles. The quantitative estimate of drug-likeness (QED) is 0.281. The van der Waals surface area contributed by atoms with E-state index in [1.807, 2.05) is 36.2 Å². The molecule has 2 N–H and O–H groups in total. The molecule has 3 aromatic rings. The Morgan fingerprint density at radius 3 is 1.94 bits per heavy atom. The molecule has 31 heavy (non-hydrogen) atoms. The summed E-state index contributed by atoms with van der Waals surface area (Å²) in [5.41, 5.74) is 3.19. The molecule has 0 aromatic heterocycles. The van der Waals surface area contributed by atoms with Gasteiger partial charge in [-0.1, -0.05) is 24.3 Å². The van der Waals surface area contributed by atoms with Crippen LogP contribution in [0.4, 0.5) is 17.1 Å². The molecule has 0 fully saturated rings. The fraction of sp³-hybridized carbons (Fsp3) is 0.100. The first kappa shape index (κ1) is 25.2. The minimum atomic E-state index is -4.48. The van der Waals surface area contributed by atoms with Crippen LogP contribution >= 0.6 is 0 Å². The Morgan fingerprint density at radius 1 is 0.903 bits per heavy atom. The maximum atomic E-state index is 10.9. The van der Waals surface area contributed by atoms with Crippen LogP contribution in [0, 0.1) is 0 Å². The van der Waals surface area contributed by atoms with Crippen molar-refractivity contribution in [1.29, 1.82) is 0 Å². The second-order valence-corrected chi connectivity index (χ2v) is 7.97. The Balaban J connectivity index is 0.00000341. The van der Waals surface area contributed by atoms with Gasteiger partial charge in [-0.2, -0.15) is 10.2 Å². The van der Waals surface area contributed by atoms with E-state index in [1.54, 1.807) is 24.3 Å². The summed E-state index contributed by atoms with van der Waals surface area (Å²) in [7, 11) is -4.12.